The Kier molecular flexibility index (Phi) is 3.10. The first-order valence-corrected chi connectivity index (χ1v) is 5.16. The SMILES string of the molecule is O=C(CC1C=CC=[C]C1=O)c1ccccc1. The van der Waals surface area contributed by atoms with Crippen LogP contribution >= 0.6 is 0 Å². The minimum atomic E-state index is -0.349. The Balaban J connectivity index is 2.06. The number of hydrogen-bond donors (Lipinski definition) is 0. The molecule has 0 aromatic heterocycles. The van der Waals surface area contributed by atoms with Crippen LogP contribution in [-0.4, -0.2) is 11.6 Å². The second-order valence-electron chi connectivity index (χ2n) is 3.66. The predicted octanol–water partition coefficient (Wildman–Crippen LogP) is 2.37. The van der Waals surface area contributed by atoms with E-state index in [1.165, 1.54) is 0 Å². The maximum Gasteiger partial charge on any atom is 0.170 e. The quantitative estimate of drug-likeness (QED) is 0.719. The minimum absolute atomic E-state index is 0.00713. The van der Waals surface area contributed by atoms with Gasteiger partial charge in [-0.05, 0) is 0 Å². The maximum atomic E-state index is 11.8. The summed E-state index contributed by atoms with van der Waals surface area (Å²) in [4.78, 5) is 23.2. The average molecular weight is 211 g/mol. The topological polar surface area (TPSA) is 34.1 Å². The Morgan fingerprint density at radius 1 is 1.25 bits per heavy atom. The van der Waals surface area contributed by atoms with E-state index in [0.29, 0.717) is 5.56 Å². The van der Waals surface area contributed by atoms with E-state index >= 15 is 0 Å². The van der Waals surface area contributed by atoms with Crippen molar-refractivity contribution in [2.75, 3.05) is 0 Å². The lowest BCUT2D eigenvalue weighted by Gasteiger charge is -2.10. The summed E-state index contributed by atoms with van der Waals surface area (Å²) >= 11 is 0. The van der Waals surface area contributed by atoms with E-state index in [4.69, 9.17) is 0 Å². The lowest BCUT2D eigenvalue weighted by atomic mass is 9.92. The molecule has 1 unspecified atom stereocenters. The van der Waals surface area contributed by atoms with Gasteiger partial charge in [0.05, 0.1) is 0 Å². The van der Waals surface area contributed by atoms with Crippen molar-refractivity contribution in [2.45, 2.75) is 6.42 Å². The summed E-state index contributed by atoms with van der Waals surface area (Å²) in [5.74, 6) is -0.475. The number of carbonyl (C=O) groups is 2. The third kappa shape index (κ3) is 2.34. The molecule has 1 aromatic rings. The molecule has 16 heavy (non-hydrogen) atoms. The van der Waals surface area contributed by atoms with Gasteiger partial charge in [0.2, 0.25) is 0 Å². The summed E-state index contributed by atoms with van der Waals surface area (Å²) in [6, 6.07) is 9.02. The molecule has 2 nitrogen and oxygen atoms in total. The first kappa shape index (κ1) is 10.6. The molecule has 1 aliphatic carbocycles. The predicted molar refractivity (Wildman–Crippen MR) is 60.8 cm³/mol. The van der Waals surface area contributed by atoms with Gasteiger partial charge >= 0.3 is 0 Å². The van der Waals surface area contributed by atoms with Crippen molar-refractivity contribution >= 4 is 11.6 Å². The Bertz CT molecular complexity index is 455. The molecule has 1 radical (unpaired) electrons. The van der Waals surface area contributed by atoms with E-state index in [1.54, 1.807) is 30.4 Å². The van der Waals surface area contributed by atoms with Gasteiger partial charge in [-0.1, -0.05) is 48.6 Å². The van der Waals surface area contributed by atoms with E-state index in [2.05, 4.69) is 6.08 Å². The lowest BCUT2D eigenvalue weighted by molar-refractivity contribution is -0.117. The lowest BCUT2D eigenvalue weighted by Crippen LogP contribution is -2.16. The smallest absolute Gasteiger partial charge is 0.170 e. The van der Waals surface area contributed by atoms with Crippen LogP contribution < -0.4 is 0 Å². The molecule has 2 rings (SSSR count). The number of carbonyl (C=O) groups excluding carboxylic acids is 2. The van der Waals surface area contributed by atoms with Crippen LogP contribution in [0.1, 0.15) is 16.8 Å². The Hall–Kier alpha value is -1.96. The fourth-order valence-corrected chi connectivity index (χ4v) is 1.62. The molecule has 0 bridgehead atoms. The highest BCUT2D eigenvalue weighted by molar-refractivity contribution is 6.01. The molecule has 0 fully saturated rings. The Labute approximate surface area is 94.3 Å². The number of benzene rings is 1. The summed E-state index contributed by atoms with van der Waals surface area (Å²) in [6.07, 6.45) is 7.89. The zero-order valence-corrected chi connectivity index (χ0v) is 8.72. The molecule has 0 N–H and O–H groups in total. The molecule has 1 aromatic carbocycles. The fraction of sp³-hybridized carbons (Fsp3) is 0.143. The molecule has 0 aliphatic heterocycles. The molecule has 1 atom stereocenters. The number of rotatable bonds is 3. The number of Topliss-reactive ketones (excluding diaryl/α,β-unsaturated/α-hetero) is 2. The second kappa shape index (κ2) is 4.71. The van der Waals surface area contributed by atoms with Gasteiger partial charge in [-0.3, -0.25) is 9.59 Å². The average Bonchev–Trinajstić information content (AvgIpc) is 2.33. The largest absolute Gasteiger partial charge is 0.294 e. The van der Waals surface area contributed by atoms with Gasteiger partial charge in [0.25, 0.3) is 0 Å². The standard InChI is InChI=1S/C14H11O2/c15-13-9-5-4-8-12(13)10-14(16)11-6-2-1-3-7-11/h1-8,12H,10H2. The van der Waals surface area contributed by atoms with Crippen molar-refractivity contribution in [3.05, 3.63) is 60.2 Å². The molecule has 0 saturated heterocycles. The monoisotopic (exact) mass is 211 g/mol. The number of hydrogen-bond acceptors (Lipinski definition) is 2. The van der Waals surface area contributed by atoms with Crippen molar-refractivity contribution in [2.24, 2.45) is 5.92 Å². The van der Waals surface area contributed by atoms with Gasteiger partial charge in [-0.15, -0.1) is 0 Å². The molecule has 79 valence electrons. The van der Waals surface area contributed by atoms with Crippen molar-refractivity contribution in [3.8, 4) is 0 Å². The van der Waals surface area contributed by atoms with Gasteiger partial charge < -0.3 is 0 Å². The molecule has 0 amide bonds. The highest BCUT2D eigenvalue weighted by Crippen LogP contribution is 2.15. The van der Waals surface area contributed by atoms with Crippen LogP contribution in [0.3, 0.4) is 0 Å². The summed E-state index contributed by atoms with van der Waals surface area (Å²) < 4.78 is 0. The van der Waals surface area contributed by atoms with E-state index in [0.717, 1.165) is 0 Å². The molecular weight excluding hydrogens is 200 g/mol. The van der Waals surface area contributed by atoms with Gasteiger partial charge in [-0.2, -0.15) is 0 Å². The normalized spacial score (nSPS) is 18.8. The van der Waals surface area contributed by atoms with Crippen LogP contribution in [-0.2, 0) is 4.79 Å². The van der Waals surface area contributed by atoms with Gasteiger partial charge in [0.1, 0.15) is 0 Å². The van der Waals surface area contributed by atoms with E-state index in [-0.39, 0.29) is 23.9 Å². The third-order valence-electron chi connectivity index (χ3n) is 2.50. The second-order valence-corrected chi connectivity index (χ2v) is 3.66. The van der Waals surface area contributed by atoms with Gasteiger partial charge in [-0.25, -0.2) is 0 Å². The zero-order chi connectivity index (χ0) is 11.4. The molecule has 0 spiro atoms. The number of ketones is 2. The third-order valence-corrected chi connectivity index (χ3v) is 2.50. The minimum Gasteiger partial charge on any atom is -0.294 e. The van der Waals surface area contributed by atoms with Crippen LogP contribution in [0.2, 0.25) is 0 Å². The zero-order valence-electron chi connectivity index (χ0n) is 8.72. The van der Waals surface area contributed by atoms with Crippen LogP contribution in [0.4, 0.5) is 0 Å². The van der Waals surface area contributed by atoms with Crippen molar-refractivity contribution < 1.29 is 9.59 Å². The van der Waals surface area contributed by atoms with Crippen LogP contribution in [0.5, 0.6) is 0 Å². The van der Waals surface area contributed by atoms with E-state index in [1.807, 2.05) is 18.2 Å². The molecular formula is C14H11O2. The summed E-state index contributed by atoms with van der Waals surface area (Å²) in [6.45, 7) is 0. The van der Waals surface area contributed by atoms with Crippen LogP contribution in [0.15, 0.2) is 48.6 Å². The first-order chi connectivity index (χ1) is 7.77. The Morgan fingerprint density at radius 2 is 2.00 bits per heavy atom. The van der Waals surface area contributed by atoms with E-state index in [9.17, 15) is 9.59 Å². The molecule has 2 heteroatoms. The maximum absolute atomic E-state index is 11.8. The molecule has 1 aliphatic rings. The highest BCUT2D eigenvalue weighted by atomic mass is 16.1. The highest BCUT2D eigenvalue weighted by Gasteiger charge is 2.19. The Morgan fingerprint density at radius 3 is 2.69 bits per heavy atom. The number of allylic oxidation sites excluding steroid dienone is 4. The molecule has 0 saturated carbocycles. The van der Waals surface area contributed by atoms with Crippen molar-refractivity contribution in [1.82, 2.24) is 0 Å². The van der Waals surface area contributed by atoms with Crippen molar-refractivity contribution in [1.29, 1.82) is 0 Å². The first-order valence-electron chi connectivity index (χ1n) is 5.16. The van der Waals surface area contributed by atoms with Gasteiger partial charge in [0.15, 0.2) is 11.6 Å². The van der Waals surface area contributed by atoms with Crippen molar-refractivity contribution in [3.63, 3.8) is 0 Å². The summed E-state index contributed by atoms with van der Waals surface area (Å²) in [7, 11) is 0. The van der Waals surface area contributed by atoms with Gasteiger partial charge in [0, 0.05) is 24.0 Å². The van der Waals surface area contributed by atoms with Crippen LogP contribution in [0, 0.1) is 12.0 Å². The summed E-state index contributed by atoms with van der Waals surface area (Å²) in [5, 5.41) is 0. The van der Waals surface area contributed by atoms with Crippen LogP contribution in [0.25, 0.3) is 0 Å². The fourth-order valence-electron chi connectivity index (χ4n) is 1.62. The van der Waals surface area contributed by atoms with E-state index < -0.39 is 0 Å². The summed E-state index contributed by atoms with van der Waals surface area (Å²) in [5.41, 5.74) is 0.651. The molecule has 0 heterocycles.